The summed E-state index contributed by atoms with van der Waals surface area (Å²) in [7, 11) is 0. The molecule has 0 saturated heterocycles. The van der Waals surface area contributed by atoms with Gasteiger partial charge in [0.05, 0.1) is 0 Å². The molecule has 0 aliphatic heterocycles. The second-order valence-corrected chi connectivity index (χ2v) is 13.9. The van der Waals surface area contributed by atoms with E-state index in [-0.39, 0.29) is 5.41 Å². The molecule has 3 aliphatic rings. The highest BCUT2D eigenvalue weighted by Crippen LogP contribution is 2.51. The molecule has 0 spiro atoms. The fraction of sp³-hybridized carbons (Fsp3) is 0.174. The summed E-state index contributed by atoms with van der Waals surface area (Å²) in [5.41, 5.74) is 16.4. The van der Waals surface area contributed by atoms with Crippen molar-refractivity contribution in [2.24, 2.45) is 0 Å². The molecule has 0 heterocycles. The second-order valence-electron chi connectivity index (χ2n) is 13.9. The number of allylic oxidation sites excluding steroid dienone is 8. The Morgan fingerprint density at radius 3 is 2.08 bits per heavy atom. The quantitative estimate of drug-likeness (QED) is 0.194. The third-order valence-corrected chi connectivity index (χ3v) is 10.3. The van der Waals surface area contributed by atoms with E-state index < -0.39 is 0 Å². The second kappa shape index (κ2) is 12.4. The Morgan fingerprint density at radius 2 is 1.38 bits per heavy atom. The Labute approximate surface area is 285 Å². The number of rotatable bonds is 7. The number of fused-ring (bicyclic) bond motifs is 3. The van der Waals surface area contributed by atoms with E-state index >= 15 is 0 Å². The topological polar surface area (TPSA) is 15.3 Å². The van der Waals surface area contributed by atoms with Crippen LogP contribution in [0, 0.1) is 6.92 Å². The van der Waals surface area contributed by atoms with Crippen molar-refractivity contribution in [3.05, 3.63) is 180 Å². The Balaban J connectivity index is 1.10. The van der Waals surface area contributed by atoms with Gasteiger partial charge in [-0.2, -0.15) is 0 Å². The summed E-state index contributed by atoms with van der Waals surface area (Å²) in [6, 6.07) is 40.7. The normalized spacial score (nSPS) is 17.1. The van der Waals surface area contributed by atoms with Gasteiger partial charge in [0.15, 0.2) is 0 Å². The van der Waals surface area contributed by atoms with E-state index in [0.29, 0.717) is 5.92 Å². The maximum Gasteiger partial charge on any atom is 0.0461 e. The number of aryl methyl sites for hydroxylation is 1. The van der Waals surface area contributed by atoms with Crippen LogP contribution in [-0.2, 0) is 5.41 Å². The predicted octanol–water partition coefficient (Wildman–Crippen LogP) is 12.7. The molecule has 5 aromatic carbocycles. The monoisotopic (exact) mass is 622 g/mol. The van der Waals surface area contributed by atoms with Crippen LogP contribution in [0.3, 0.4) is 0 Å². The fourth-order valence-electron chi connectivity index (χ4n) is 7.64. The molecule has 3 aliphatic carbocycles. The van der Waals surface area contributed by atoms with E-state index in [1.165, 1.54) is 61.6 Å². The van der Waals surface area contributed by atoms with Gasteiger partial charge in [0.1, 0.15) is 0 Å². The summed E-state index contributed by atoms with van der Waals surface area (Å²) in [6.07, 6.45) is 18.7. The maximum atomic E-state index is 3.64. The highest BCUT2D eigenvalue weighted by Gasteiger charge is 2.36. The van der Waals surface area contributed by atoms with Crippen LogP contribution in [0.5, 0.6) is 0 Å². The molecule has 1 unspecified atom stereocenters. The molecule has 0 saturated carbocycles. The van der Waals surface area contributed by atoms with Gasteiger partial charge in [-0.3, -0.25) is 0 Å². The SMILES string of the molecule is Cc1cccc(Nc2ccc3c(c2)C(C)(C)c2cc(N(C4=CC=CCC4)c4ccc(-c5ccc(C6C=CC=CC6)cc5)cc4)ccc2-3)c1. The lowest BCUT2D eigenvalue weighted by Gasteiger charge is -2.30. The third kappa shape index (κ3) is 5.62. The number of nitrogens with zero attached hydrogens (tertiary/aromatic N) is 1. The van der Waals surface area contributed by atoms with Gasteiger partial charge in [0.2, 0.25) is 0 Å². The van der Waals surface area contributed by atoms with Crippen molar-refractivity contribution in [2.75, 3.05) is 10.2 Å². The van der Waals surface area contributed by atoms with Gasteiger partial charge in [0.25, 0.3) is 0 Å². The van der Waals surface area contributed by atoms with Gasteiger partial charge in [-0.05, 0) is 125 Å². The highest BCUT2D eigenvalue weighted by molar-refractivity contribution is 5.86. The summed E-state index contributed by atoms with van der Waals surface area (Å²) in [5, 5.41) is 3.64. The Kier molecular flexibility index (Phi) is 7.73. The lowest BCUT2D eigenvalue weighted by atomic mass is 9.82. The van der Waals surface area contributed by atoms with Crippen LogP contribution in [0.4, 0.5) is 22.7 Å². The predicted molar refractivity (Wildman–Crippen MR) is 205 cm³/mol. The molecule has 1 N–H and O–H groups in total. The molecule has 8 rings (SSSR count). The first-order valence-electron chi connectivity index (χ1n) is 17.3. The molecule has 236 valence electrons. The number of hydrogen-bond acceptors (Lipinski definition) is 2. The zero-order chi connectivity index (χ0) is 32.7. The van der Waals surface area contributed by atoms with Crippen LogP contribution in [0.2, 0.25) is 0 Å². The first kappa shape index (κ1) is 30.0. The Morgan fingerprint density at radius 1 is 0.667 bits per heavy atom. The average Bonchev–Trinajstić information content (AvgIpc) is 3.35. The smallest absolute Gasteiger partial charge is 0.0461 e. The van der Waals surface area contributed by atoms with E-state index in [4.69, 9.17) is 0 Å². The molecular weight excluding hydrogens is 581 g/mol. The molecule has 2 nitrogen and oxygen atoms in total. The van der Waals surface area contributed by atoms with Crippen molar-refractivity contribution in [1.82, 2.24) is 0 Å². The highest BCUT2D eigenvalue weighted by atomic mass is 15.1. The number of benzene rings is 5. The van der Waals surface area contributed by atoms with E-state index in [1.54, 1.807) is 0 Å². The molecule has 0 bridgehead atoms. The van der Waals surface area contributed by atoms with Gasteiger partial charge in [-0.1, -0.05) is 111 Å². The first-order chi connectivity index (χ1) is 23.4. The Bertz CT molecular complexity index is 2110. The first-order valence-corrected chi connectivity index (χ1v) is 17.3. The summed E-state index contributed by atoms with van der Waals surface area (Å²) >= 11 is 0. The molecule has 2 heteroatoms. The number of hydrogen-bond donors (Lipinski definition) is 1. The van der Waals surface area contributed by atoms with Gasteiger partial charge < -0.3 is 10.2 Å². The molecule has 0 amide bonds. The van der Waals surface area contributed by atoms with Crippen LogP contribution >= 0.6 is 0 Å². The molecule has 48 heavy (non-hydrogen) atoms. The minimum atomic E-state index is -0.128. The van der Waals surface area contributed by atoms with E-state index in [1.807, 2.05) is 0 Å². The van der Waals surface area contributed by atoms with Crippen LogP contribution < -0.4 is 10.2 Å². The lowest BCUT2D eigenvalue weighted by molar-refractivity contribution is 0.660. The summed E-state index contributed by atoms with van der Waals surface area (Å²) in [4.78, 5) is 2.46. The van der Waals surface area contributed by atoms with Crippen LogP contribution in [-0.4, -0.2) is 0 Å². The Hall–Kier alpha value is -5.34. The molecular formula is C46H42N2. The van der Waals surface area contributed by atoms with E-state index in [2.05, 4.69) is 183 Å². The van der Waals surface area contributed by atoms with Crippen LogP contribution in [0.1, 0.15) is 61.3 Å². The third-order valence-electron chi connectivity index (χ3n) is 10.3. The van der Waals surface area contributed by atoms with Gasteiger partial charge in [-0.25, -0.2) is 0 Å². The van der Waals surface area contributed by atoms with Crippen molar-refractivity contribution in [1.29, 1.82) is 0 Å². The largest absolute Gasteiger partial charge is 0.356 e. The molecule has 1 atom stereocenters. The van der Waals surface area contributed by atoms with Crippen molar-refractivity contribution in [2.45, 2.75) is 51.4 Å². The fourth-order valence-corrected chi connectivity index (χ4v) is 7.64. The van der Waals surface area contributed by atoms with Gasteiger partial charge in [-0.15, -0.1) is 0 Å². The van der Waals surface area contributed by atoms with Gasteiger partial charge >= 0.3 is 0 Å². The van der Waals surface area contributed by atoms with Crippen molar-refractivity contribution < 1.29 is 0 Å². The van der Waals surface area contributed by atoms with E-state index in [0.717, 1.165) is 30.6 Å². The minimum absolute atomic E-state index is 0.128. The molecule has 0 fully saturated rings. The molecule has 0 radical (unpaired) electrons. The summed E-state index contributed by atoms with van der Waals surface area (Å²) in [6.45, 7) is 6.87. The van der Waals surface area contributed by atoms with Gasteiger partial charge in [0, 0.05) is 39.8 Å². The van der Waals surface area contributed by atoms with Crippen LogP contribution in [0.25, 0.3) is 22.3 Å². The zero-order valence-electron chi connectivity index (χ0n) is 28.1. The standard InChI is InChI=1S/C46H42N2/c1-32-11-10-14-37(29-32)47-38-23-27-42-43-28-26-41(31-45(43)46(2,3)44(42)30-38)48(39-15-8-5-9-16-39)40-24-21-36(22-25-40)35-19-17-34(18-20-35)33-12-6-4-7-13-33/h4-8,10-12,14-15,17-31,33,47H,9,13,16H2,1-3H3. The number of anilines is 4. The summed E-state index contributed by atoms with van der Waals surface area (Å²) < 4.78 is 0. The number of nitrogens with one attached hydrogen (secondary N) is 1. The van der Waals surface area contributed by atoms with Crippen molar-refractivity contribution in [3.8, 4) is 22.3 Å². The van der Waals surface area contributed by atoms with Crippen LogP contribution in [0.15, 0.2) is 157 Å². The maximum absolute atomic E-state index is 3.64. The van der Waals surface area contributed by atoms with Crippen molar-refractivity contribution in [3.63, 3.8) is 0 Å². The summed E-state index contributed by atoms with van der Waals surface area (Å²) in [5.74, 6) is 0.472. The zero-order valence-corrected chi connectivity index (χ0v) is 28.1. The minimum Gasteiger partial charge on any atom is -0.356 e. The lowest BCUT2D eigenvalue weighted by Crippen LogP contribution is -2.19. The molecule has 0 aromatic heterocycles. The average molecular weight is 623 g/mol. The van der Waals surface area contributed by atoms with Crippen molar-refractivity contribution >= 4 is 22.7 Å². The molecule has 5 aromatic rings. The van der Waals surface area contributed by atoms with E-state index in [9.17, 15) is 0 Å².